The molecule has 0 aliphatic heterocycles. The Morgan fingerprint density at radius 3 is 2.12 bits per heavy atom. The molecule has 0 aliphatic rings. The quantitative estimate of drug-likeness (QED) is 0.777. The second kappa shape index (κ2) is 8.00. The van der Waals surface area contributed by atoms with Crippen molar-refractivity contribution >= 4 is 46.7 Å². The van der Waals surface area contributed by atoms with Gasteiger partial charge in [0.05, 0.1) is 15.6 Å². The molecule has 25 heavy (non-hydrogen) atoms. The summed E-state index contributed by atoms with van der Waals surface area (Å²) in [5.74, 6) is -1.93. The van der Waals surface area contributed by atoms with Crippen molar-refractivity contribution < 1.29 is 19.1 Å². The van der Waals surface area contributed by atoms with Crippen molar-refractivity contribution in [2.24, 2.45) is 5.73 Å². The number of halogens is 2. The van der Waals surface area contributed by atoms with Crippen LogP contribution in [-0.2, 0) is 9.53 Å². The number of carbonyl (C=O) groups is 3. The minimum absolute atomic E-state index is 0.00343. The molecule has 0 saturated heterocycles. The summed E-state index contributed by atoms with van der Waals surface area (Å²) in [4.78, 5) is 35.3. The normalized spacial score (nSPS) is 11.5. The van der Waals surface area contributed by atoms with Crippen molar-refractivity contribution in [2.75, 3.05) is 5.32 Å². The third kappa shape index (κ3) is 4.71. The van der Waals surface area contributed by atoms with Crippen molar-refractivity contribution in [1.82, 2.24) is 0 Å². The van der Waals surface area contributed by atoms with E-state index in [0.717, 1.165) is 0 Å². The van der Waals surface area contributed by atoms with Gasteiger partial charge in [-0.1, -0.05) is 29.3 Å². The summed E-state index contributed by atoms with van der Waals surface area (Å²) in [6.45, 7) is 1.41. The largest absolute Gasteiger partial charge is 0.449 e. The lowest BCUT2D eigenvalue weighted by Gasteiger charge is -2.14. The maximum Gasteiger partial charge on any atom is 0.341 e. The molecule has 0 bridgehead atoms. The lowest BCUT2D eigenvalue weighted by molar-refractivity contribution is -0.123. The molecule has 0 aromatic heterocycles. The Morgan fingerprint density at radius 2 is 1.60 bits per heavy atom. The van der Waals surface area contributed by atoms with Gasteiger partial charge in [-0.3, -0.25) is 9.59 Å². The SMILES string of the molecule is C[C@@H](OC(=O)c1c(Cl)cccc1Cl)C(=O)Nc1ccc(C(N)=O)cc1. The summed E-state index contributed by atoms with van der Waals surface area (Å²) in [6, 6.07) is 10.5. The molecule has 0 aliphatic carbocycles. The Balaban J connectivity index is 2.02. The van der Waals surface area contributed by atoms with Gasteiger partial charge in [-0.2, -0.15) is 0 Å². The van der Waals surface area contributed by atoms with Crippen molar-refractivity contribution in [3.05, 3.63) is 63.6 Å². The zero-order chi connectivity index (χ0) is 18.6. The van der Waals surface area contributed by atoms with Crippen molar-refractivity contribution in [3.8, 4) is 0 Å². The molecule has 2 rings (SSSR count). The molecular weight excluding hydrogens is 367 g/mol. The highest BCUT2D eigenvalue weighted by Gasteiger charge is 2.22. The Morgan fingerprint density at radius 1 is 1.04 bits per heavy atom. The van der Waals surface area contributed by atoms with Crippen LogP contribution in [0.1, 0.15) is 27.6 Å². The van der Waals surface area contributed by atoms with E-state index in [9.17, 15) is 14.4 Å². The number of primary amides is 1. The Bertz CT molecular complexity index is 802. The van der Waals surface area contributed by atoms with Crippen LogP contribution in [0.5, 0.6) is 0 Å². The lowest BCUT2D eigenvalue weighted by Crippen LogP contribution is -2.30. The fraction of sp³-hybridized carbons (Fsp3) is 0.118. The highest BCUT2D eigenvalue weighted by Crippen LogP contribution is 2.25. The van der Waals surface area contributed by atoms with Gasteiger partial charge >= 0.3 is 5.97 Å². The summed E-state index contributed by atoms with van der Waals surface area (Å²) in [7, 11) is 0. The van der Waals surface area contributed by atoms with Gasteiger partial charge in [-0.25, -0.2) is 4.79 Å². The van der Waals surface area contributed by atoms with Crippen LogP contribution in [0.4, 0.5) is 5.69 Å². The van der Waals surface area contributed by atoms with E-state index in [4.69, 9.17) is 33.7 Å². The predicted molar refractivity (Wildman–Crippen MR) is 94.9 cm³/mol. The molecule has 2 aromatic carbocycles. The number of hydrogen-bond donors (Lipinski definition) is 2. The summed E-state index contributed by atoms with van der Waals surface area (Å²) in [5.41, 5.74) is 5.87. The zero-order valence-corrected chi connectivity index (χ0v) is 14.6. The predicted octanol–water partition coefficient (Wildman–Crippen LogP) is 3.28. The monoisotopic (exact) mass is 380 g/mol. The van der Waals surface area contributed by atoms with Crippen LogP contribution < -0.4 is 11.1 Å². The van der Waals surface area contributed by atoms with E-state index in [-0.39, 0.29) is 15.6 Å². The number of nitrogens with two attached hydrogens (primary N) is 1. The fourth-order valence-electron chi connectivity index (χ4n) is 1.93. The summed E-state index contributed by atoms with van der Waals surface area (Å²) < 4.78 is 5.10. The van der Waals surface area contributed by atoms with Gasteiger partial charge in [0, 0.05) is 11.3 Å². The van der Waals surface area contributed by atoms with E-state index in [0.29, 0.717) is 11.3 Å². The minimum Gasteiger partial charge on any atom is -0.449 e. The van der Waals surface area contributed by atoms with E-state index in [2.05, 4.69) is 5.32 Å². The van der Waals surface area contributed by atoms with E-state index in [1.807, 2.05) is 0 Å². The second-order valence-electron chi connectivity index (χ2n) is 5.08. The first-order valence-corrected chi connectivity index (χ1v) is 7.91. The Kier molecular flexibility index (Phi) is 6.01. The first-order chi connectivity index (χ1) is 11.8. The molecule has 1 atom stereocenters. The molecule has 3 N–H and O–H groups in total. The molecule has 2 aromatic rings. The molecule has 0 saturated carbocycles. The molecule has 0 fully saturated rings. The van der Waals surface area contributed by atoms with E-state index in [1.54, 1.807) is 6.07 Å². The lowest BCUT2D eigenvalue weighted by atomic mass is 10.2. The average molecular weight is 381 g/mol. The average Bonchev–Trinajstić information content (AvgIpc) is 2.55. The maximum atomic E-state index is 12.2. The van der Waals surface area contributed by atoms with Gasteiger partial charge in [0.1, 0.15) is 0 Å². The topological polar surface area (TPSA) is 98.5 Å². The van der Waals surface area contributed by atoms with Crippen molar-refractivity contribution in [1.29, 1.82) is 0 Å². The Labute approximate surface area is 153 Å². The molecule has 0 spiro atoms. The van der Waals surface area contributed by atoms with E-state index < -0.39 is 23.9 Å². The van der Waals surface area contributed by atoms with Crippen molar-refractivity contribution in [3.63, 3.8) is 0 Å². The number of carbonyl (C=O) groups excluding carboxylic acids is 3. The number of benzene rings is 2. The fourth-order valence-corrected chi connectivity index (χ4v) is 2.48. The first-order valence-electron chi connectivity index (χ1n) is 7.15. The number of ether oxygens (including phenoxy) is 1. The highest BCUT2D eigenvalue weighted by atomic mass is 35.5. The minimum atomic E-state index is -1.09. The highest BCUT2D eigenvalue weighted by molar-refractivity contribution is 6.39. The molecule has 130 valence electrons. The Hall–Kier alpha value is -2.57. The molecule has 2 amide bonds. The van der Waals surface area contributed by atoms with Gasteiger partial charge in [0.15, 0.2) is 6.10 Å². The van der Waals surface area contributed by atoms with Crippen LogP contribution in [0.2, 0.25) is 10.0 Å². The summed E-state index contributed by atoms with van der Waals surface area (Å²) in [6.07, 6.45) is -1.09. The van der Waals surface area contributed by atoms with Gasteiger partial charge in [0.25, 0.3) is 5.91 Å². The van der Waals surface area contributed by atoms with Gasteiger partial charge < -0.3 is 15.8 Å². The molecular formula is C17H14Cl2N2O4. The van der Waals surface area contributed by atoms with Gasteiger partial charge in [0.2, 0.25) is 5.91 Å². The molecule has 8 heteroatoms. The molecule has 0 heterocycles. The third-order valence-corrected chi connectivity index (χ3v) is 3.89. The number of hydrogen-bond acceptors (Lipinski definition) is 4. The third-order valence-electron chi connectivity index (χ3n) is 3.26. The van der Waals surface area contributed by atoms with E-state index in [1.165, 1.54) is 43.3 Å². The molecule has 0 unspecified atom stereocenters. The summed E-state index contributed by atoms with van der Waals surface area (Å²) >= 11 is 11.9. The van der Waals surface area contributed by atoms with Crippen LogP contribution in [0.3, 0.4) is 0 Å². The first kappa shape index (κ1) is 18.8. The standard InChI is InChI=1S/C17H14Cl2N2O4/c1-9(25-17(24)14-12(18)3-2-4-13(14)19)16(23)21-11-7-5-10(6-8-11)15(20)22/h2-9H,1H3,(H2,20,22)(H,21,23)/t9-/m1/s1. The van der Waals surface area contributed by atoms with Crippen molar-refractivity contribution in [2.45, 2.75) is 13.0 Å². The zero-order valence-electron chi connectivity index (χ0n) is 13.1. The van der Waals surface area contributed by atoms with E-state index >= 15 is 0 Å². The van der Waals surface area contributed by atoms with Gasteiger partial charge in [-0.05, 0) is 43.3 Å². The molecule has 0 radical (unpaired) electrons. The van der Waals surface area contributed by atoms with Gasteiger partial charge in [-0.15, -0.1) is 0 Å². The number of esters is 1. The van der Waals surface area contributed by atoms with Crippen LogP contribution >= 0.6 is 23.2 Å². The molecule has 6 nitrogen and oxygen atoms in total. The number of anilines is 1. The number of amides is 2. The summed E-state index contributed by atoms with van der Waals surface area (Å²) in [5, 5.41) is 2.82. The number of nitrogens with one attached hydrogen (secondary N) is 1. The van der Waals surface area contributed by atoms with Crippen LogP contribution in [0, 0.1) is 0 Å². The second-order valence-corrected chi connectivity index (χ2v) is 5.89. The number of rotatable bonds is 5. The van der Waals surface area contributed by atoms with Crippen LogP contribution in [0.25, 0.3) is 0 Å². The maximum absolute atomic E-state index is 12.2. The van der Waals surface area contributed by atoms with Crippen LogP contribution in [0.15, 0.2) is 42.5 Å². The van der Waals surface area contributed by atoms with Crippen LogP contribution in [-0.4, -0.2) is 23.9 Å². The smallest absolute Gasteiger partial charge is 0.341 e.